The average molecular weight is 263 g/mol. The van der Waals surface area contributed by atoms with E-state index in [1.54, 1.807) is 4.90 Å². The van der Waals surface area contributed by atoms with Crippen LogP contribution in [0.3, 0.4) is 0 Å². The molecule has 0 rings (SSSR count). The molecular weight excluding hydrogens is 240 g/mol. The van der Waals surface area contributed by atoms with Crippen LogP contribution in [0.15, 0.2) is 0 Å². The summed E-state index contributed by atoms with van der Waals surface area (Å²) in [5.41, 5.74) is 0. The van der Waals surface area contributed by atoms with E-state index in [0.29, 0.717) is 31.8 Å². The Bertz CT molecular complexity index is 235. The summed E-state index contributed by atoms with van der Waals surface area (Å²) in [5.74, 6) is 0.409. The van der Waals surface area contributed by atoms with Crippen LogP contribution < -0.4 is 5.32 Å². The van der Waals surface area contributed by atoms with Crippen molar-refractivity contribution in [3.8, 4) is 0 Å². The molecule has 0 unspecified atom stereocenters. The standard InChI is InChI=1S/C12H23ClN2O2/c1-3-8-14-11(16)10-15(9-4-2)12(17)6-5-7-13/h3-10H2,1-2H3,(H,14,16). The molecule has 0 spiro atoms. The van der Waals surface area contributed by atoms with Crippen LogP contribution in [-0.4, -0.2) is 42.2 Å². The molecule has 0 aliphatic rings. The lowest BCUT2D eigenvalue weighted by atomic mass is 10.2. The van der Waals surface area contributed by atoms with Crippen molar-refractivity contribution < 1.29 is 9.59 Å². The number of carbonyl (C=O) groups is 2. The lowest BCUT2D eigenvalue weighted by Gasteiger charge is -2.21. The maximum Gasteiger partial charge on any atom is 0.239 e. The van der Waals surface area contributed by atoms with Gasteiger partial charge in [-0.1, -0.05) is 13.8 Å². The van der Waals surface area contributed by atoms with Gasteiger partial charge in [-0.2, -0.15) is 0 Å². The van der Waals surface area contributed by atoms with Crippen LogP contribution in [0.4, 0.5) is 0 Å². The zero-order valence-electron chi connectivity index (χ0n) is 10.8. The average Bonchev–Trinajstić information content (AvgIpc) is 2.32. The van der Waals surface area contributed by atoms with E-state index < -0.39 is 0 Å². The summed E-state index contributed by atoms with van der Waals surface area (Å²) >= 11 is 5.55. The summed E-state index contributed by atoms with van der Waals surface area (Å²) in [6, 6.07) is 0. The van der Waals surface area contributed by atoms with Crippen LogP contribution >= 0.6 is 11.6 Å². The third-order valence-electron chi connectivity index (χ3n) is 2.28. The first-order chi connectivity index (χ1) is 8.15. The molecule has 2 amide bonds. The van der Waals surface area contributed by atoms with E-state index in [9.17, 15) is 9.59 Å². The molecule has 0 aromatic heterocycles. The Kier molecular flexibility index (Phi) is 9.92. The molecule has 1 N–H and O–H groups in total. The smallest absolute Gasteiger partial charge is 0.239 e. The molecule has 0 aromatic carbocycles. The zero-order chi connectivity index (χ0) is 13.1. The summed E-state index contributed by atoms with van der Waals surface area (Å²) < 4.78 is 0. The van der Waals surface area contributed by atoms with E-state index in [0.717, 1.165) is 12.8 Å². The van der Waals surface area contributed by atoms with Gasteiger partial charge >= 0.3 is 0 Å². The first-order valence-corrected chi connectivity index (χ1v) is 6.79. The number of hydrogen-bond donors (Lipinski definition) is 1. The van der Waals surface area contributed by atoms with Crippen molar-refractivity contribution in [1.82, 2.24) is 10.2 Å². The molecule has 0 heterocycles. The molecule has 0 bridgehead atoms. The quantitative estimate of drug-likeness (QED) is 0.644. The van der Waals surface area contributed by atoms with E-state index in [1.807, 2.05) is 13.8 Å². The number of hydrogen-bond acceptors (Lipinski definition) is 2. The number of amides is 2. The van der Waals surface area contributed by atoms with Crippen molar-refractivity contribution in [2.45, 2.75) is 39.5 Å². The van der Waals surface area contributed by atoms with Gasteiger partial charge in [0, 0.05) is 25.4 Å². The van der Waals surface area contributed by atoms with Crippen LogP contribution in [0.2, 0.25) is 0 Å². The number of nitrogens with one attached hydrogen (secondary N) is 1. The Morgan fingerprint density at radius 1 is 1.24 bits per heavy atom. The molecule has 0 aliphatic heterocycles. The second kappa shape index (κ2) is 10.4. The molecule has 100 valence electrons. The van der Waals surface area contributed by atoms with Crippen molar-refractivity contribution in [1.29, 1.82) is 0 Å². The highest BCUT2D eigenvalue weighted by atomic mass is 35.5. The molecular formula is C12H23ClN2O2. The van der Waals surface area contributed by atoms with Crippen LogP contribution in [0, 0.1) is 0 Å². The molecule has 0 saturated heterocycles. The minimum atomic E-state index is -0.0838. The van der Waals surface area contributed by atoms with Gasteiger partial charge in [-0.25, -0.2) is 0 Å². The van der Waals surface area contributed by atoms with Crippen molar-refractivity contribution in [2.24, 2.45) is 0 Å². The number of carbonyl (C=O) groups excluding carboxylic acids is 2. The Hall–Kier alpha value is -0.770. The highest BCUT2D eigenvalue weighted by Crippen LogP contribution is 2.00. The van der Waals surface area contributed by atoms with Gasteiger partial charge in [-0.15, -0.1) is 11.6 Å². The van der Waals surface area contributed by atoms with Crippen molar-refractivity contribution in [2.75, 3.05) is 25.5 Å². The van der Waals surface area contributed by atoms with Crippen molar-refractivity contribution in [3.05, 3.63) is 0 Å². The topological polar surface area (TPSA) is 49.4 Å². The Morgan fingerprint density at radius 3 is 2.47 bits per heavy atom. The van der Waals surface area contributed by atoms with E-state index in [1.165, 1.54) is 0 Å². The summed E-state index contributed by atoms with van der Waals surface area (Å²) in [7, 11) is 0. The number of halogens is 1. The first kappa shape index (κ1) is 16.2. The third kappa shape index (κ3) is 8.02. The summed E-state index contributed by atoms with van der Waals surface area (Å²) in [4.78, 5) is 24.9. The molecule has 0 saturated carbocycles. The van der Waals surface area contributed by atoms with Gasteiger partial charge in [0.05, 0.1) is 6.54 Å². The van der Waals surface area contributed by atoms with Gasteiger partial charge in [-0.3, -0.25) is 9.59 Å². The number of nitrogens with zero attached hydrogens (tertiary/aromatic N) is 1. The number of rotatable bonds is 9. The van der Waals surface area contributed by atoms with Gasteiger partial charge in [0.15, 0.2) is 0 Å². The molecule has 0 radical (unpaired) electrons. The predicted octanol–water partition coefficient (Wildman–Crippen LogP) is 1.77. The molecule has 0 atom stereocenters. The van der Waals surface area contributed by atoms with E-state index in [2.05, 4.69) is 5.32 Å². The van der Waals surface area contributed by atoms with Gasteiger partial charge in [0.1, 0.15) is 0 Å². The van der Waals surface area contributed by atoms with Gasteiger partial charge in [-0.05, 0) is 19.3 Å². The van der Waals surface area contributed by atoms with E-state index in [-0.39, 0.29) is 18.4 Å². The SMILES string of the molecule is CCCNC(=O)CN(CCC)C(=O)CCCCl. The largest absolute Gasteiger partial charge is 0.355 e. The Balaban J connectivity index is 4.12. The Morgan fingerprint density at radius 2 is 1.94 bits per heavy atom. The molecule has 0 aromatic rings. The van der Waals surface area contributed by atoms with Gasteiger partial charge in [0.2, 0.25) is 11.8 Å². The highest BCUT2D eigenvalue weighted by molar-refractivity contribution is 6.17. The van der Waals surface area contributed by atoms with Crippen molar-refractivity contribution in [3.63, 3.8) is 0 Å². The minimum absolute atomic E-state index is 0.0131. The second-order valence-electron chi connectivity index (χ2n) is 3.96. The summed E-state index contributed by atoms with van der Waals surface area (Å²) in [6.45, 7) is 5.44. The van der Waals surface area contributed by atoms with Crippen molar-refractivity contribution >= 4 is 23.4 Å². The van der Waals surface area contributed by atoms with Crippen LogP contribution in [-0.2, 0) is 9.59 Å². The summed E-state index contributed by atoms with van der Waals surface area (Å²) in [5, 5.41) is 2.77. The normalized spacial score (nSPS) is 10.1. The number of alkyl halides is 1. The van der Waals surface area contributed by atoms with E-state index in [4.69, 9.17) is 11.6 Å². The monoisotopic (exact) mass is 262 g/mol. The third-order valence-corrected chi connectivity index (χ3v) is 2.54. The summed E-state index contributed by atoms with van der Waals surface area (Å²) in [6.07, 6.45) is 2.84. The fourth-order valence-corrected chi connectivity index (χ4v) is 1.57. The van der Waals surface area contributed by atoms with Crippen LogP contribution in [0.5, 0.6) is 0 Å². The highest BCUT2D eigenvalue weighted by Gasteiger charge is 2.15. The molecule has 0 fully saturated rings. The fraction of sp³-hybridized carbons (Fsp3) is 0.833. The van der Waals surface area contributed by atoms with Gasteiger partial charge in [0.25, 0.3) is 0 Å². The molecule has 0 aliphatic carbocycles. The van der Waals surface area contributed by atoms with Crippen LogP contribution in [0.25, 0.3) is 0 Å². The molecule has 5 heteroatoms. The first-order valence-electron chi connectivity index (χ1n) is 6.26. The van der Waals surface area contributed by atoms with Gasteiger partial charge < -0.3 is 10.2 Å². The fourth-order valence-electron chi connectivity index (χ4n) is 1.43. The lowest BCUT2D eigenvalue weighted by Crippen LogP contribution is -2.41. The predicted molar refractivity (Wildman–Crippen MR) is 70.1 cm³/mol. The lowest BCUT2D eigenvalue weighted by molar-refractivity contribution is -0.136. The second-order valence-corrected chi connectivity index (χ2v) is 4.34. The van der Waals surface area contributed by atoms with E-state index >= 15 is 0 Å². The maximum absolute atomic E-state index is 11.8. The molecule has 4 nitrogen and oxygen atoms in total. The molecule has 17 heavy (non-hydrogen) atoms. The Labute approximate surface area is 109 Å². The maximum atomic E-state index is 11.8. The zero-order valence-corrected chi connectivity index (χ0v) is 11.6. The van der Waals surface area contributed by atoms with Crippen LogP contribution in [0.1, 0.15) is 39.5 Å². The minimum Gasteiger partial charge on any atom is -0.355 e.